The average molecular weight is 726 g/mol. The average Bonchev–Trinajstić information content (AvgIpc) is 3.58. The number of hydrogen-bond donors (Lipinski definition) is 1. The van der Waals surface area contributed by atoms with E-state index >= 15 is 22.0 Å². The number of halogens is 5. The Balaban J connectivity index is 1.71. The number of pyridine rings is 1. The fourth-order valence-electron chi connectivity index (χ4n) is 8.28. The van der Waals surface area contributed by atoms with Crippen molar-refractivity contribution in [1.29, 1.82) is 0 Å². The van der Waals surface area contributed by atoms with Crippen molar-refractivity contribution in [3.05, 3.63) is 29.3 Å². The Morgan fingerprint density at radius 1 is 1.10 bits per heavy atom. The number of benzene rings is 1. The Hall–Kier alpha value is -3.71. The highest BCUT2D eigenvalue weighted by atomic mass is 19.4. The lowest BCUT2D eigenvalue weighted by molar-refractivity contribution is -0.141. The molecule has 2 aliphatic heterocycles. The second-order valence-electron chi connectivity index (χ2n) is 15.5. The Labute approximate surface area is 294 Å². The van der Waals surface area contributed by atoms with Crippen LogP contribution in [0.15, 0.2) is 18.2 Å². The first-order valence-electron chi connectivity index (χ1n) is 17.7. The number of carbonyl (C=O) groups excluding carboxylic acids is 3. The number of alkyl carbamates (subject to hydrolysis) is 1. The van der Waals surface area contributed by atoms with Crippen LogP contribution in [0.5, 0.6) is 11.6 Å². The van der Waals surface area contributed by atoms with Gasteiger partial charge in [0.25, 0.3) is 5.92 Å². The predicted molar refractivity (Wildman–Crippen MR) is 179 cm³/mol. The second kappa shape index (κ2) is 14.0. The third kappa shape index (κ3) is 7.60. The molecule has 6 atom stereocenters. The number of alkyl halides is 5. The maximum atomic E-state index is 16.5. The summed E-state index contributed by atoms with van der Waals surface area (Å²) in [6.45, 7) is 9.68. The molecule has 0 spiro atoms. The molecule has 1 N–H and O–H groups in total. The standard InChI is InChI=1S/C37H48F5N3O6/c1-8-23-26-19-45(29(23)20(2)46)32(47)30(34(3,4)5)44-33(48)51-35(6)16-11-13-21(35)12-9-10-17-36(38,39)28-27(37(40,41)42)24-15-14-22(49-7)18-25(24)43-31(28)50-26/h14-15,18,21,23,26,29-30H,8-13,16-17,19H2,1-7H3,(H,44,48)/t21-,23?,26+,29-,30-,35-/m1/s1. The summed E-state index contributed by atoms with van der Waals surface area (Å²) >= 11 is 0. The van der Waals surface area contributed by atoms with E-state index in [2.05, 4.69) is 10.3 Å². The molecule has 14 heteroatoms. The molecule has 3 aliphatic rings. The van der Waals surface area contributed by atoms with Crippen LogP contribution in [-0.4, -0.2) is 65.1 Å². The molecule has 1 saturated heterocycles. The molecule has 1 aliphatic carbocycles. The van der Waals surface area contributed by atoms with Gasteiger partial charge in [0.15, 0.2) is 5.78 Å². The molecule has 2 aromatic rings. The molecule has 0 radical (unpaired) electrons. The van der Waals surface area contributed by atoms with E-state index in [0.29, 0.717) is 19.3 Å². The van der Waals surface area contributed by atoms with Crippen LogP contribution in [0.4, 0.5) is 26.7 Å². The number of methoxy groups -OCH3 is 1. The Morgan fingerprint density at radius 3 is 2.39 bits per heavy atom. The number of ketones is 1. The van der Waals surface area contributed by atoms with E-state index in [9.17, 15) is 14.4 Å². The van der Waals surface area contributed by atoms with Gasteiger partial charge in [-0.3, -0.25) is 9.59 Å². The largest absolute Gasteiger partial charge is 0.497 e. The summed E-state index contributed by atoms with van der Waals surface area (Å²) in [7, 11) is 1.32. The van der Waals surface area contributed by atoms with Crippen LogP contribution in [-0.2, 0) is 26.4 Å². The lowest BCUT2D eigenvalue weighted by atomic mass is 9.85. The van der Waals surface area contributed by atoms with Crippen molar-refractivity contribution in [3.63, 3.8) is 0 Å². The van der Waals surface area contributed by atoms with E-state index in [-0.39, 0.29) is 43.0 Å². The molecule has 1 aromatic carbocycles. The number of rotatable bonds is 3. The van der Waals surface area contributed by atoms with Gasteiger partial charge in [-0.05, 0) is 75.8 Å². The minimum atomic E-state index is -5.23. The highest BCUT2D eigenvalue weighted by Crippen LogP contribution is 2.50. The maximum absolute atomic E-state index is 16.5. The zero-order valence-electron chi connectivity index (χ0n) is 30.2. The van der Waals surface area contributed by atoms with Crippen LogP contribution in [0.3, 0.4) is 0 Å². The van der Waals surface area contributed by atoms with Crippen molar-refractivity contribution in [2.45, 2.75) is 129 Å². The highest BCUT2D eigenvalue weighted by molar-refractivity contribution is 5.93. The van der Waals surface area contributed by atoms with Gasteiger partial charge in [0.1, 0.15) is 23.5 Å². The number of Topliss-reactive ketones (excluding diaryl/α,β-unsaturated/α-hetero) is 1. The van der Waals surface area contributed by atoms with Crippen LogP contribution in [0.1, 0.15) is 104 Å². The summed E-state index contributed by atoms with van der Waals surface area (Å²) in [6, 6.07) is 1.25. The van der Waals surface area contributed by atoms with E-state index in [4.69, 9.17) is 14.2 Å². The molecule has 51 heavy (non-hydrogen) atoms. The monoisotopic (exact) mass is 725 g/mol. The molecule has 3 heterocycles. The lowest BCUT2D eigenvalue weighted by Gasteiger charge is -2.37. The maximum Gasteiger partial charge on any atom is 0.417 e. The summed E-state index contributed by atoms with van der Waals surface area (Å²) in [5, 5.41) is 2.22. The second-order valence-corrected chi connectivity index (χ2v) is 15.5. The molecule has 1 aromatic heterocycles. The van der Waals surface area contributed by atoms with Gasteiger partial charge in [-0.15, -0.1) is 0 Å². The topological polar surface area (TPSA) is 107 Å². The third-order valence-electron chi connectivity index (χ3n) is 10.9. The summed E-state index contributed by atoms with van der Waals surface area (Å²) < 4.78 is 95.4. The minimum absolute atomic E-state index is 0.120. The van der Waals surface area contributed by atoms with Gasteiger partial charge < -0.3 is 24.4 Å². The molecule has 2 bridgehead atoms. The van der Waals surface area contributed by atoms with E-state index in [1.54, 1.807) is 34.6 Å². The fourth-order valence-corrected chi connectivity index (χ4v) is 8.28. The van der Waals surface area contributed by atoms with Crippen LogP contribution in [0.25, 0.3) is 10.9 Å². The van der Waals surface area contributed by atoms with Gasteiger partial charge in [0.05, 0.1) is 36.3 Å². The number of carbonyl (C=O) groups is 3. The molecule has 9 nitrogen and oxygen atoms in total. The Kier molecular flexibility index (Phi) is 10.6. The number of aromatic nitrogens is 1. The summed E-state index contributed by atoms with van der Waals surface area (Å²) in [6.07, 6.45) is -5.48. The molecule has 282 valence electrons. The van der Waals surface area contributed by atoms with Gasteiger partial charge in [-0.2, -0.15) is 13.2 Å². The number of nitrogens with zero attached hydrogens (tertiary/aromatic N) is 2. The zero-order valence-corrected chi connectivity index (χ0v) is 30.2. The normalized spacial score (nSPS) is 29.3. The smallest absolute Gasteiger partial charge is 0.417 e. The minimum Gasteiger partial charge on any atom is -0.497 e. The number of fused-ring (bicyclic) bond motifs is 5. The SMILES string of the molecule is CCC1[C@@H]2CN(C(=O)[C@H](C(C)(C)C)NC(=O)O[C@]3(C)CCC[C@H]3CCCCC(F)(F)c3c(nc4cc(OC)ccc4c3C(F)(F)F)O2)[C@@H]1C(C)=O. The zero-order chi connectivity index (χ0) is 37.7. The Morgan fingerprint density at radius 2 is 1.78 bits per heavy atom. The van der Waals surface area contributed by atoms with Crippen molar-refractivity contribution in [2.24, 2.45) is 17.3 Å². The van der Waals surface area contributed by atoms with Gasteiger partial charge in [0, 0.05) is 23.8 Å². The summed E-state index contributed by atoms with van der Waals surface area (Å²) in [5.74, 6) is -6.82. The first-order valence-corrected chi connectivity index (χ1v) is 17.7. The van der Waals surface area contributed by atoms with Crippen LogP contribution in [0.2, 0.25) is 0 Å². The number of amides is 2. The van der Waals surface area contributed by atoms with E-state index in [1.165, 1.54) is 31.1 Å². The quantitative estimate of drug-likeness (QED) is 0.318. The number of ether oxygens (including phenoxy) is 3. The van der Waals surface area contributed by atoms with E-state index in [1.807, 2.05) is 0 Å². The van der Waals surface area contributed by atoms with Crippen molar-refractivity contribution in [2.75, 3.05) is 13.7 Å². The van der Waals surface area contributed by atoms with Crippen molar-refractivity contribution >= 4 is 28.7 Å². The first kappa shape index (κ1) is 38.5. The fraction of sp³-hybridized carbons (Fsp3) is 0.676. The van der Waals surface area contributed by atoms with Gasteiger partial charge in [0.2, 0.25) is 11.8 Å². The molecule has 1 unspecified atom stereocenters. The summed E-state index contributed by atoms with van der Waals surface area (Å²) in [4.78, 5) is 46.6. The molecule has 2 fully saturated rings. The third-order valence-corrected chi connectivity index (χ3v) is 10.9. The molecule has 2 amide bonds. The van der Waals surface area contributed by atoms with E-state index < -0.39 is 93.8 Å². The highest BCUT2D eigenvalue weighted by Gasteiger charge is 2.53. The van der Waals surface area contributed by atoms with E-state index in [0.717, 1.165) is 12.5 Å². The Bertz CT molecular complexity index is 1660. The predicted octanol–water partition coefficient (Wildman–Crippen LogP) is 8.20. The first-order chi connectivity index (χ1) is 23.7. The number of nitrogens with one attached hydrogen (secondary N) is 1. The van der Waals surface area contributed by atoms with Gasteiger partial charge in [-0.25, -0.2) is 18.6 Å². The van der Waals surface area contributed by atoms with Gasteiger partial charge >= 0.3 is 12.3 Å². The molecule has 1 saturated carbocycles. The van der Waals surface area contributed by atoms with Crippen LogP contribution in [0, 0.1) is 17.3 Å². The summed E-state index contributed by atoms with van der Waals surface area (Å²) in [5.41, 5.74) is -5.01. The molecular formula is C37H48F5N3O6. The lowest BCUT2D eigenvalue weighted by Crippen LogP contribution is -2.58. The molecule has 5 rings (SSSR count). The van der Waals surface area contributed by atoms with Crippen LogP contribution < -0.4 is 14.8 Å². The van der Waals surface area contributed by atoms with Crippen molar-refractivity contribution in [3.8, 4) is 11.6 Å². The number of hydrogen-bond acceptors (Lipinski definition) is 7. The van der Waals surface area contributed by atoms with Crippen molar-refractivity contribution < 1.29 is 50.5 Å². The van der Waals surface area contributed by atoms with Crippen LogP contribution >= 0.6 is 0 Å². The van der Waals surface area contributed by atoms with Crippen molar-refractivity contribution in [1.82, 2.24) is 15.2 Å². The molecular weight excluding hydrogens is 677 g/mol. The van der Waals surface area contributed by atoms with Gasteiger partial charge in [-0.1, -0.05) is 34.1 Å².